The van der Waals surface area contributed by atoms with Crippen LogP contribution in [0.25, 0.3) is 10.8 Å². The molecule has 0 saturated carbocycles. The molecular formula is C26H22N4O5S. The van der Waals surface area contributed by atoms with E-state index in [0.29, 0.717) is 60.6 Å². The lowest BCUT2D eigenvalue weighted by Crippen LogP contribution is -2.50. The second-order valence-electron chi connectivity index (χ2n) is 8.68. The Morgan fingerprint density at radius 3 is 2.36 bits per heavy atom. The third kappa shape index (κ3) is 4.09. The third-order valence-electron chi connectivity index (χ3n) is 6.49. The Bertz CT molecular complexity index is 1540. The zero-order valence-electron chi connectivity index (χ0n) is 19.2. The number of ether oxygens (including phenoxy) is 2. The van der Waals surface area contributed by atoms with Gasteiger partial charge in [0.15, 0.2) is 11.5 Å². The third-order valence-corrected chi connectivity index (χ3v) is 7.43. The fourth-order valence-electron chi connectivity index (χ4n) is 4.56. The number of H-pyrrole nitrogens is 1. The highest BCUT2D eigenvalue weighted by atomic mass is 32.1. The van der Waals surface area contributed by atoms with E-state index in [9.17, 15) is 14.4 Å². The second-order valence-corrected chi connectivity index (χ2v) is 9.67. The number of hydrogen-bond acceptors (Lipinski definition) is 7. The normalized spacial score (nSPS) is 14.9. The van der Waals surface area contributed by atoms with Crippen LogP contribution in [-0.2, 0) is 6.42 Å². The quantitative estimate of drug-likeness (QED) is 0.460. The summed E-state index contributed by atoms with van der Waals surface area (Å²) in [5.41, 5.74) is 1.72. The predicted octanol–water partition coefficient (Wildman–Crippen LogP) is 2.90. The van der Waals surface area contributed by atoms with Crippen LogP contribution in [0.2, 0.25) is 0 Å². The molecule has 10 heteroatoms. The molecule has 0 radical (unpaired) electrons. The summed E-state index contributed by atoms with van der Waals surface area (Å²) in [5, 5.41) is 10.1. The van der Waals surface area contributed by atoms with Gasteiger partial charge in [-0.25, -0.2) is 5.10 Å². The molecule has 2 aromatic heterocycles. The minimum atomic E-state index is -0.215. The predicted molar refractivity (Wildman–Crippen MR) is 134 cm³/mol. The van der Waals surface area contributed by atoms with Crippen LogP contribution in [0.15, 0.2) is 58.7 Å². The van der Waals surface area contributed by atoms with E-state index in [-0.39, 0.29) is 24.2 Å². The van der Waals surface area contributed by atoms with Crippen LogP contribution >= 0.6 is 11.3 Å². The number of thiophene rings is 1. The van der Waals surface area contributed by atoms with Crippen molar-refractivity contribution in [1.29, 1.82) is 0 Å². The Kier molecular flexibility index (Phi) is 5.65. The maximum atomic E-state index is 13.1. The van der Waals surface area contributed by atoms with Crippen LogP contribution in [0.4, 0.5) is 0 Å². The van der Waals surface area contributed by atoms with Crippen molar-refractivity contribution < 1.29 is 19.1 Å². The summed E-state index contributed by atoms with van der Waals surface area (Å²) in [4.78, 5) is 42.6. The maximum absolute atomic E-state index is 13.1. The van der Waals surface area contributed by atoms with Crippen LogP contribution in [0.1, 0.15) is 31.3 Å². The number of hydrogen-bond donors (Lipinski definition) is 1. The number of carbonyl (C=O) groups excluding carboxylic acids is 2. The molecule has 36 heavy (non-hydrogen) atoms. The van der Waals surface area contributed by atoms with Gasteiger partial charge < -0.3 is 19.3 Å². The van der Waals surface area contributed by atoms with Gasteiger partial charge in [0, 0.05) is 53.8 Å². The summed E-state index contributed by atoms with van der Waals surface area (Å²) in [6.45, 7) is 2.02. The molecule has 2 aromatic carbocycles. The largest absolute Gasteiger partial charge is 0.454 e. The molecule has 0 aliphatic carbocycles. The lowest BCUT2D eigenvalue weighted by molar-refractivity contribution is 0.0535. The van der Waals surface area contributed by atoms with Crippen LogP contribution < -0.4 is 15.0 Å². The van der Waals surface area contributed by atoms with Gasteiger partial charge in [0.05, 0.1) is 16.6 Å². The van der Waals surface area contributed by atoms with E-state index in [0.717, 1.165) is 16.0 Å². The summed E-state index contributed by atoms with van der Waals surface area (Å²) in [5.74, 6) is 1.08. The summed E-state index contributed by atoms with van der Waals surface area (Å²) < 4.78 is 10.7. The summed E-state index contributed by atoms with van der Waals surface area (Å²) in [6, 6.07) is 14.4. The first-order valence-electron chi connectivity index (χ1n) is 11.6. The molecule has 1 fully saturated rings. The minimum absolute atomic E-state index is 0.0491. The molecule has 4 heterocycles. The molecule has 9 nitrogen and oxygen atoms in total. The summed E-state index contributed by atoms with van der Waals surface area (Å²) >= 11 is 1.50. The highest BCUT2D eigenvalue weighted by Crippen LogP contribution is 2.33. The maximum Gasteiger partial charge on any atom is 0.272 e. The lowest BCUT2D eigenvalue weighted by Gasteiger charge is -2.34. The Labute approximate surface area is 209 Å². The average Bonchev–Trinajstić information content (AvgIpc) is 3.59. The molecule has 0 unspecified atom stereocenters. The number of fused-ring (bicyclic) bond motifs is 2. The topological polar surface area (TPSA) is 105 Å². The molecule has 2 aliphatic rings. The van der Waals surface area contributed by atoms with E-state index >= 15 is 0 Å². The van der Waals surface area contributed by atoms with Crippen molar-refractivity contribution in [2.45, 2.75) is 6.42 Å². The number of benzene rings is 2. The van der Waals surface area contributed by atoms with Gasteiger partial charge in [-0.3, -0.25) is 14.4 Å². The Morgan fingerprint density at radius 1 is 0.889 bits per heavy atom. The molecular weight excluding hydrogens is 480 g/mol. The van der Waals surface area contributed by atoms with E-state index in [4.69, 9.17) is 9.47 Å². The molecule has 0 bridgehead atoms. The number of carbonyl (C=O) groups is 2. The number of aromatic amines is 1. The van der Waals surface area contributed by atoms with Gasteiger partial charge in [-0.05, 0) is 30.3 Å². The van der Waals surface area contributed by atoms with Crippen LogP contribution in [0.3, 0.4) is 0 Å². The zero-order chi connectivity index (χ0) is 24.6. The molecule has 4 aromatic rings. The molecule has 0 atom stereocenters. The van der Waals surface area contributed by atoms with Crippen LogP contribution in [0, 0.1) is 0 Å². The highest BCUT2D eigenvalue weighted by Gasteiger charge is 2.27. The van der Waals surface area contributed by atoms with Gasteiger partial charge in [-0.15, -0.1) is 11.3 Å². The molecule has 2 amide bonds. The zero-order valence-corrected chi connectivity index (χ0v) is 20.0. The number of nitrogens with zero attached hydrogens (tertiary/aromatic N) is 3. The van der Waals surface area contributed by atoms with Gasteiger partial charge in [-0.1, -0.05) is 18.2 Å². The lowest BCUT2D eigenvalue weighted by atomic mass is 10.1. The van der Waals surface area contributed by atoms with Gasteiger partial charge in [0.2, 0.25) is 6.79 Å². The van der Waals surface area contributed by atoms with Gasteiger partial charge in [0.25, 0.3) is 17.4 Å². The highest BCUT2D eigenvalue weighted by molar-refractivity contribution is 7.10. The Hall–Kier alpha value is -4.18. The van der Waals surface area contributed by atoms with Crippen molar-refractivity contribution in [2.24, 2.45) is 0 Å². The monoisotopic (exact) mass is 502 g/mol. The number of amides is 2. The van der Waals surface area contributed by atoms with E-state index in [2.05, 4.69) is 10.2 Å². The Balaban J connectivity index is 1.10. The fraction of sp³-hybridized carbons (Fsp3) is 0.231. The van der Waals surface area contributed by atoms with Gasteiger partial charge in [0.1, 0.15) is 0 Å². The van der Waals surface area contributed by atoms with E-state index < -0.39 is 0 Å². The number of nitrogens with one attached hydrogen (secondary N) is 1. The number of rotatable bonds is 4. The molecule has 0 spiro atoms. The number of aromatic nitrogens is 2. The SMILES string of the molecule is O=C(c1csc(Cc2n[nH]c(=O)c3ccccc23)c1)N1CCN(C(=O)c2ccc3c(c2)OCO3)CC1. The van der Waals surface area contributed by atoms with Crippen molar-refractivity contribution in [3.8, 4) is 11.5 Å². The van der Waals surface area contributed by atoms with Crippen molar-refractivity contribution in [3.05, 3.63) is 86.0 Å². The first-order chi connectivity index (χ1) is 17.6. The van der Waals surface area contributed by atoms with Gasteiger partial charge in [-0.2, -0.15) is 5.10 Å². The summed E-state index contributed by atoms with van der Waals surface area (Å²) in [7, 11) is 0. The first-order valence-corrected chi connectivity index (χ1v) is 12.5. The smallest absolute Gasteiger partial charge is 0.272 e. The molecule has 6 rings (SSSR count). The number of piperazine rings is 1. The van der Waals surface area contributed by atoms with E-state index in [1.165, 1.54) is 11.3 Å². The standard InChI is InChI=1S/C26H22N4O5S/c31-24-20-4-2-1-3-19(20)21(27-28-24)13-18-11-17(14-36-18)26(33)30-9-7-29(8-10-30)25(32)16-5-6-22-23(12-16)35-15-34-22/h1-6,11-12,14H,7-10,13,15H2,(H,28,31). The van der Waals surface area contributed by atoms with Crippen molar-refractivity contribution in [1.82, 2.24) is 20.0 Å². The van der Waals surface area contributed by atoms with Crippen molar-refractivity contribution >= 4 is 33.9 Å². The Morgan fingerprint density at radius 2 is 1.58 bits per heavy atom. The molecule has 1 N–H and O–H groups in total. The van der Waals surface area contributed by atoms with Gasteiger partial charge >= 0.3 is 0 Å². The van der Waals surface area contributed by atoms with Crippen molar-refractivity contribution in [2.75, 3.05) is 33.0 Å². The molecule has 182 valence electrons. The van der Waals surface area contributed by atoms with E-state index in [1.54, 1.807) is 34.1 Å². The van der Waals surface area contributed by atoms with Crippen molar-refractivity contribution in [3.63, 3.8) is 0 Å². The minimum Gasteiger partial charge on any atom is -0.454 e. The molecule has 1 saturated heterocycles. The first kappa shape index (κ1) is 22.3. The molecule has 2 aliphatic heterocycles. The fourth-order valence-corrected chi connectivity index (χ4v) is 5.43. The van der Waals surface area contributed by atoms with Crippen LogP contribution in [-0.4, -0.2) is 64.8 Å². The van der Waals surface area contributed by atoms with E-state index in [1.807, 2.05) is 29.6 Å². The summed E-state index contributed by atoms with van der Waals surface area (Å²) in [6.07, 6.45) is 0.521. The van der Waals surface area contributed by atoms with Crippen LogP contribution in [0.5, 0.6) is 11.5 Å². The second kappa shape index (κ2) is 9.12. The average molecular weight is 503 g/mol.